The molecule has 1 atom stereocenters. The molecule has 110 valence electrons. The lowest BCUT2D eigenvalue weighted by molar-refractivity contribution is -0.132. The molecule has 0 bridgehead atoms. The second kappa shape index (κ2) is 7.65. The number of amides is 1. The molecule has 1 aliphatic heterocycles. The molecule has 4 heteroatoms. The molecule has 2 rings (SSSR count). The molecule has 1 aromatic carbocycles. The predicted octanol–water partition coefficient (Wildman–Crippen LogP) is 3.08. The minimum Gasteiger partial charge on any atom is -0.339 e. The van der Waals surface area contributed by atoms with Gasteiger partial charge in [-0.25, -0.2) is 0 Å². The van der Waals surface area contributed by atoms with Crippen LogP contribution in [0.2, 0.25) is 5.02 Å². The van der Waals surface area contributed by atoms with E-state index in [4.69, 9.17) is 11.6 Å². The molecule has 0 aromatic heterocycles. The first-order valence-electron chi connectivity index (χ1n) is 7.42. The van der Waals surface area contributed by atoms with Gasteiger partial charge in [0.2, 0.25) is 5.91 Å². The lowest BCUT2D eigenvalue weighted by Gasteiger charge is -2.27. The highest BCUT2D eigenvalue weighted by Crippen LogP contribution is 2.19. The summed E-state index contributed by atoms with van der Waals surface area (Å²) in [4.78, 5) is 14.3. The zero-order valence-corrected chi connectivity index (χ0v) is 12.8. The van der Waals surface area contributed by atoms with E-state index in [0.29, 0.717) is 18.9 Å². The van der Waals surface area contributed by atoms with Crippen molar-refractivity contribution in [2.75, 3.05) is 19.6 Å². The Morgan fingerprint density at radius 1 is 1.45 bits per heavy atom. The molecule has 0 aliphatic carbocycles. The average Bonchev–Trinajstić information content (AvgIpc) is 2.47. The molecule has 0 radical (unpaired) electrons. The zero-order valence-electron chi connectivity index (χ0n) is 12.1. The molecule has 1 saturated heterocycles. The van der Waals surface area contributed by atoms with E-state index in [2.05, 4.69) is 5.32 Å². The Balaban J connectivity index is 1.93. The van der Waals surface area contributed by atoms with Crippen LogP contribution in [0.1, 0.15) is 31.7 Å². The Morgan fingerprint density at radius 2 is 2.25 bits per heavy atom. The predicted molar refractivity (Wildman–Crippen MR) is 82.8 cm³/mol. The van der Waals surface area contributed by atoms with Gasteiger partial charge in [0.1, 0.15) is 0 Å². The van der Waals surface area contributed by atoms with Gasteiger partial charge in [0, 0.05) is 24.5 Å². The number of benzene rings is 1. The van der Waals surface area contributed by atoms with Crippen LogP contribution in [0.15, 0.2) is 24.3 Å². The lowest BCUT2D eigenvalue weighted by Crippen LogP contribution is -2.36. The van der Waals surface area contributed by atoms with Crippen molar-refractivity contribution in [1.29, 1.82) is 0 Å². The molecule has 1 amide bonds. The first kappa shape index (κ1) is 15.3. The fraction of sp³-hybridized carbons (Fsp3) is 0.562. The Bertz CT molecular complexity index is 444. The van der Waals surface area contributed by atoms with E-state index < -0.39 is 0 Å². The van der Waals surface area contributed by atoms with Gasteiger partial charge in [-0.15, -0.1) is 0 Å². The number of carbonyl (C=O) groups excluding carboxylic acids is 1. The topological polar surface area (TPSA) is 32.3 Å². The van der Waals surface area contributed by atoms with E-state index in [-0.39, 0.29) is 5.91 Å². The van der Waals surface area contributed by atoms with Crippen LogP contribution in [0.4, 0.5) is 0 Å². The second-order valence-corrected chi connectivity index (χ2v) is 5.82. The van der Waals surface area contributed by atoms with Crippen molar-refractivity contribution < 1.29 is 4.79 Å². The molecule has 1 N–H and O–H groups in total. The van der Waals surface area contributed by atoms with Gasteiger partial charge in [-0.3, -0.25) is 4.79 Å². The Labute approximate surface area is 126 Å². The number of hydrogen-bond donors (Lipinski definition) is 1. The number of nitrogens with zero attached hydrogens (tertiary/aromatic N) is 1. The monoisotopic (exact) mass is 294 g/mol. The Kier molecular flexibility index (Phi) is 5.86. The molecular weight excluding hydrogens is 272 g/mol. The summed E-state index contributed by atoms with van der Waals surface area (Å²) in [6.45, 7) is 5.41. The van der Waals surface area contributed by atoms with E-state index in [1.165, 1.54) is 6.42 Å². The Hall–Kier alpha value is -1.06. The van der Waals surface area contributed by atoms with Crippen LogP contribution in [0.3, 0.4) is 0 Å². The molecule has 1 unspecified atom stereocenters. The molecule has 1 fully saturated rings. The maximum Gasteiger partial charge on any atom is 0.223 e. The van der Waals surface area contributed by atoms with Gasteiger partial charge in [-0.2, -0.15) is 0 Å². The third kappa shape index (κ3) is 4.22. The standard InChI is InChI=1S/C16H23ClN2O/c1-2-19(12-14-7-3-4-8-15(14)17)16(20)10-13-6-5-9-18-11-13/h3-4,7-8,13,18H,2,5-6,9-12H2,1H3. The molecule has 0 saturated carbocycles. The van der Waals surface area contributed by atoms with Crippen molar-refractivity contribution in [3.63, 3.8) is 0 Å². The molecule has 1 aromatic rings. The van der Waals surface area contributed by atoms with Crippen LogP contribution in [-0.2, 0) is 11.3 Å². The number of halogens is 1. The summed E-state index contributed by atoms with van der Waals surface area (Å²) in [5.41, 5.74) is 1.02. The summed E-state index contributed by atoms with van der Waals surface area (Å²) in [5.74, 6) is 0.720. The van der Waals surface area contributed by atoms with Gasteiger partial charge in [0.15, 0.2) is 0 Å². The summed E-state index contributed by atoms with van der Waals surface area (Å²) in [7, 11) is 0. The van der Waals surface area contributed by atoms with Crippen molar-refractivity contribution in [2.24, 2.45) is 5.92 Å². The van der Waals surface area contributed by atoms with Crippen molar-refractivity contribution >= 4 is 17.5 Å². The molecule has 3 nitrogen and oxygen atoms in total. The molecule has 1 aliphatic rings. The van der Waals surface area contributed by atoms with E-state index in [1.807, 2.05) is 36.1 Å². The minimum absolute atomic E-state index is 0.237. The number of rotatable bonds is 5. The first-order valence-corrected chi connectivity index (χ1v) is 7.80. The number of piperidine rings is 1. The number of nitrogens with one attached hydrogen (secondary N) is 1. The smallest absolute Gasteiger partial charge is 0.223 e. The van der Waals surface area contributed by atoms with Crippen molar-refractivity contribution in [3.8, 4) is 0 Å². The van der Waals surface area contributed by atoms with Crippen LogP contribution in [0.5, 0.6) is 0 Å². The van der Waals surface area contributed by atoms with Gasteiger partial charge in [0.05, 0.1) is 0 Å². The Morgan fingerprint density at radius 3 is 2.90 bits per heavy atom. The molecule has 1 heterocycles. The highest BCUT2D eigenvalue weighted by molar-refractivity contribution is 6.31. The fourth-order valence-electron chi connectivity index (χ4n) is 2.68. The van der Waals surface area contributed by atoms with E-state index >= 15 is 0 Å². The molecule has 20 heavy (non-hydrogen) atoms. The summed E-state index contributed by atoms with van der Waals surface area (Å²) in [6, 6.07) is 7.74. The van der Waals surface area contributed by atoms with Crippen LogP contribution in [-0.4, -0.2) is 30.4 Å². The maximum atomic E-state index is 12.4. The van der Waals surface area contributed by atoms with Crippen LogP contribution in [0, 0.1) is 5.92 Å². The molecular formula is C16H23ClN2O. The quantitative estimate of drug-likeness (QED) is 0.905. The summed E-state index contributed by atoms with van der Waals surface area (Å²) in [6.07, 6.45) is 2.97. The maximum absolute atomic E-state index is 12.4. The van der Waals surface area contributed by atoms with Gasteiger partial charge in [-0.1, -0.05) is 29.8 Å². The summed E-state index contributed by atoms with van der Waals surface area (Å²) >= 11 is 6.17. The van der Waals surface area contributed by atoms with Gasteiger partial charge in [0.25, 0.3) is 0 Å². The van der Waals surface area contributed by atoms with Gasteiger partial charge in [-0.05, 0) is 50.4 Å². The largest absolute Gasteiger partial charge is 0.339 e. The van der Waals surface area contributed by atoms with Gasteiger partial charge >= 0.3 is 0 Å². The van der Waals surface area contributed by atoms with E-state index in [9.17, 15) is 4.79 Å². The lowest BCUT2D eigenvalue weighted by atomic mass is 9.95. The number of carbonyl (C=O) groups is 1. The van der Waals surface area contributed by atoms with Crippen LogP contribution < -0.4 is 5.32 Å². The van der Waals surface area contributed by atoms with E-state index in [1.54, 1.807) is 0 Å². The third-order valence-electron chi connectivity index (χ3n) is 3.92. The van der Waals surface area contributed by atoms with E-state index in [0.717, 1.165) is 36.6 Å². The number of hydrogen-bond acceptors (Lipinski definition) is 2. The van der Waals surface area contributed by atoms with Crippen molar-refractivity contribution in [3.05, 3.63) is 34.9 Å². The summed E-state index contributed by atoms with van der Waals surface area (Å²) < 4.78 is 0. The minimum atomic E-state index is 0.237. The SMILES string of the molecule is CCN(Cc1ccccc1Cl)C(=O)CC1CCCNC1. The van der Waals surface area contributed by atoms with Crippen LogP contribution >= 0.6 is 11.6 Å². The fourth-order valence-corrected chi connectivity index (χ4v) is 2.88. The summed E-state index contributed by atoms with van der Waals surface area (Å²) in [5, 5.41) is 4.10. The van der Waals surface area contributed by atoms with Crippen molar-refractivity contribution in [1.82, 2.24) is 10.2 Å². The van der Waals surface area contributed by atoms with Crippen molar-refractivity contribution in [2.45, 2.75) is 32.7 Å². The van der Waals surface area contributed by atoms with Gasteiger partial charge < -0.3 is 10.2 Å². The zero-order chi connectivity index (χ0) is 14.4. The second-order valence-electron chi connectivity index (χ2n) is 5.42. The first-order chi connectivity index (χ1) is 9.70. The van der Waals surface area contributed by atoms with Crippen LogP contribution in [0.25, 0.3) is 0 Å². The highest BCUT2D eigenvalue weighted by Gasteiger charge is 2.20. The normalized spacial score (nSPS) is 18.8. The average molecular weight is 295 g/mol. The highest BCUT2D eigenvalue weighted by atomic mass is 35.5. The third-order valence-corrected chi connectivity index (χ3v) is 4.28. The molecule has 0 spiro atoms.